The molecule has 1 aliphatic rings. The predicted octanol–water partition coefficient (Wildman–Crippen LogP) is 9.06. The van der Waals surface area contributed by atoms with Crippen LogP contribution in [0.2, 0.25) is 0 Å². The lowest BCUT2D eigenvalue weighted by molar-refractivity contribution is 0.201. The molecule has 3 aromatic carbocycles. The van der Waals surface area contributed by atoms with Crippen molar-refractivity contribution in [1.82, 2.24) is 14.9 Å². The molecule has 0 bridgehead atoms. The second-order valence-electron chi connectivity index (χ2n) is 12.0. The maximum absolute atomic E-state index is 13.9. The third-order valence-electron chi connectivity index (χ3n) is 8.93. The highest BCUT2D eigenvalue weighted by Crippen LogP contribution is 2.41. The first-order valence-electron chi connectivity index (χ1n) is 16.2. The second kappa shape index (κ2) is 19.5. The number of rotatable bonds is 12. The van der Waals surface area contributed by atoms with Gasteiger partial charge in [0.1, 0.15) is 17.4 Å². The molecule has 0 radical (unpaired) electrons. The van der Waals surface area contributed by atoms with E-state index >= 15 is 0 Å². The zero-order chi connectivity index (χ0) is 34.3. The summed E-state index contributed by atoms with van der Waals surface area (Å²) in [6.45, 7) is 3.22. The van der Waals surface area contributed by atoms with Crippen molar-refractivity contribution in [3.8, 4) is 45.5 Å². The summed E-state index contributed by atoms with van der Waals surface area (Å²) in [5.74, 6) is 1.26. The zero-order valence-electron chi connectivity index (χ0n) is 29.4. The number of ether oxygens (including phenoxy) is 4. The van der Waals surface area contributed by atoms with E-state index in [9.17, 15) is 8.78 Å². The van der Waals surface area contributed by atoms with Crippen LogP contribution < -0.4 is 23.8 Å². The maximum Gasteiger partial charge on any atom is 0.203 e. The van der Waals surface area contributed by atoms with Crippen molar-refractivity contribution in [3.05, 3.63) is 114 Å². The topological polar surface area (TPSA) is 69.2 Å². The molecule has 1 saturated heterocycles. The minimum Gasteiger partial charge on any atom is -0.497 e. The molecule has 52 heavy (non-hydrogen) atoms. The van der Waals surface area contributed by atoms with Crippen LogP contribution in [0.5, 0.6) is 23.0 Å². The van der Waals surface area contributed by atoms with Gasteiger partial charge in [-0.1, -0.05) is 0 Å². The normalized spacial score (nSPS) is 12.8. The average molecular weight is 776 g/mol. The highest BCUT2D eigenvalue weighted by atomic mass is 35.5. The number of hydrogen-bond donors (Lipinski definition) is 0. The van der Waals surface area contributed by atoms with Crippen LogP contribution in [0.25, 0.3) is 22.5 Å². The number of likely N-dealkylation sites (tertiary alicyclic amines) is 1. The van der Waals surface area contributed by atoms with Crippen LogP contribution in [0.1, 0.15) is 24.0 Å². The van der Waals surface area contributed by atoms with Gasteiger partial charge in [-0.15, -0.1) is 37.2 Å². The van der Waals surface area contributed by atoms with Crippen LogP contribution in [0.15, 0.2) is 91.3 Å². The largest absolute Gasteiger partial charge is 0.497 e. The van der Waals surface area contributed by atoms with Gasteiger partial charge in [0.05, 0.1) is 39.8 Å². The first-order valence-corrected chi connectivity index (χ1v) is 16.2. The van der Waals surface area contributed by atoms with E-state index in [1.165, 1.54) is 12.1 Å². The molecule has 8 nitrogen and oxygen atoms in total. The lowest BCUT2D eigenvalue weighted by Crippen LogP contribution is -2.44. The molecule has 1 aliphatic heterocycles. The standard InChI is InChI=1S/C39H40F2N4O4.3ClH/c1-46-34-7-5-32(6-8-34)45(25-27-10-14-43-36(18-27)29-21-37(47-2)39(49-4)38(22-29)48-3)33-11-15-44(16-12-33)24-26-9-13-42-35(17-26)28-19-30(40)23-31(41)20-28;;;/h5-10,13-14,17-23,33H,11-12,15-16,24-25H2,1-4H3;3*1H. The van der Waals surface area contributed by atoms with E-state index in [1.807, 2.05) is 42.6 Å². The number of methoxy groups -OCH3 is 4. The molecular weight excluding hydrogens is 733 g/mol. The summed E-state index contributed by atoms with van der Waals surface area (Å²) < 4.78 is 49.9. The van der Waals surface area contributed by atoms with Crippen LogP contribution in [0.4, 0.5) is 14.5 Å². The van der Waals surface area contributed by atoms with E-state index in [2.05, 4.69) is 44.0 Å². The number of hydrogen-bond acceptors (Lipinski definition) is 8. The molecule has 2 aromatic heterocycles. The number of pyridine rings is 2. The summed E-state index contributed by atoms with van der Waals surface area (Å²) in [7, 11) is 6.47. The molecule has 278 valence electrons. The van der Waals surface area contributed by atoms with Crippen molar-refractivity contribution >= 4 is 42.9 Å². The zero-order valence-corrected chi connectivity index (χ0v) is 31.8. The van der Waals surface area contributed by atoms with Crippen molar-refractivity contribution in [2.75, 3.05) is 46.4 Å². The van der Waals surface area contributed by atoms with Crippen molar-refractivity contribution in [3.63, 3.8) is 0 Å². The Bertz CT molecular complexity index is 1850. The smallest absolute Gasteiger partial charge is 0.203 e. The van der Waals surface area contributed by atoms with Gasteiger partial charge in [-0.3, -0.25) is 14.9 Å². The second-order valence-corrected chi connectivity index (χ2v) is 12.0. The quantitative estimate of drug-likeness (QED) is 0.124. The van der Waals surface area contributed by atoms with E-state index in [0.717, 1.165) is 72.4 Å². The molecule has 5 aromatic rings. The number of benzene rings is 3. The molecule has 3 heterocycles. The highest BCUT2D eigenvalue weighted by molar-refractivity contribution is 5.86. The summed E-state index contributed by atoms with van der Waals surface area (Å²) in [6, 6.07) is 23.9. The molecule has 6 rings (SSSR count). The van der Waals surface area contributed by atoms with Gasteiger partial charge >= 0.3 is 0 Å². The Morgan fingerprint density at radius 2 is 1.19 bits per heavy atom. The molecule has 0 N–H and O–H groups in total. The van der Waals surface area contributed by atoms with Gasteiger partial charge in [0.15, 0.2) is 11.5 Å². The Balaban J connectivity index is 0.00000243. The van der Waals surface area contributed by atoms with Crippen LogP contribution in [-0.4, -0.2) is 62.4 Å². The van der Waals surface area contributed by atoms with Gasteiger partial charge in [-0.05, 0) is 96.8 Å². The number of halogens is 5. The van der Waals surface area contributed by atoms with Crippen LogP contribution in [0.3, 0.4) is 0 Å². The lowest BCUT2D eigenvalue weighted by atomic mass is 10.00. The summed E-state index contributed by atoms with van der Waals surface area (Å²) >= 11 is 0. The van der Waals surface area contributed by atoms with Gasteiger partial charge in [0.2, 0.25) is 5.75 Å². The van der Waals surface area contributed by atoms with Gasteiger partial charge in [0, 0.05) is 67.5 Å². The molecule has 13 heteroatoms. The summed E-state index contributed by atoms with van der Waals surface area (Å²) in [4.78, 5) is 13.9. The number of aromatic nitrogens is 2. The fourth-order valence-corrected chi connectivity index (χ4v) is 6.44. The maximum atomic E-state index is 13.9. The van der Waals surface area contributed by atoms with Crippen molar-refractivity contribution in [2.45, 2.75) is 32.0 Å². The minimum atomic E-state index is -0.616. The first kappa shape index (κ1) is 42.1. The molecule has 0 amide bonds. The predicted molar refractivity (Wildman–Crippen MR) is 208 cm³/mol. The van der Waals surface area contributed by atoms with E-state index in [0.29, 0.717) is 41.1 Å². The summed E-state index contributed by atoms with van der Waals surface area (Å²) in [5.41, 5.74) is 5.94. The SMILES string of the molecule is COc1ccc(N(Cc2ccnc(-c3cc(OC)c(OC)c(OC)c3)c2)C2CCN(Cc3ccnc(-c4cc(F)cc(F)c4)c3)CC2)cc1.Cl.Cl.Cl. The van der Waals surface area contributed by atoms with Crippen LogP contribution in [0, 0.1) is 11.6 Å². The van der Waals surface area contributed by atoms with E-state index in [1.54, 1.807) is 34.6 Å². The van der Waals surface area contributed by atoms with Crippen molar-refractivity contribution < 1.29 is 27.7 Å². The molecule has 0 unspecified atom stereocenters. The summed E-state index contributed by atoms with van der Waals surface area (Å²) in [6.07, 6.45) is 5.46. The van der Waals surface area contributed by atoms with Gasteiger partial charge in [0.25, 0.3) is 0 Å². The van der Waals surface area contributed by atoms with Gasteiger partial charge < -0.3 is 23.8 Å². The molecule has 1 fully saturated rings. The average Bonchev–Trinajstić information content (AvgIpc) is 3.13. The van der Waals surface area contributed by atoms with E-state index in [4.69, 9.17) is 18.9 Å². The molecule has 0 spiro atoms. The molecule has 0 aliphatic carbocycles. The Hall–Kier alpha value is -4.35. The van der Waals surface area contributed by atoms with Gasteiger partial charge in [-0.2, -0.15) is 0 Å². The Kier molecular flexibility index (Phi) is 15.8. The Morgan fingerprint density at radius 1 is 0.654 bits per heavy atom. The van der Waals surface area contributed by atoms with Crippen molar-refractivity contribution in [2.24, 2.45) is 0 Å². The number of anilines is 1. The fraction of sp³-hybridized carbons (Fsp3) is 0.282. The van der Waals surface area contributed by atoms with E-state index < -0.39 is 11.6 Å². The Labute approximate surface area is 322 Å². The fourth-order valence-electron chi connectivity index (χ4n) is 6.44. The third kappa shape index (κ3) is 9.95. The van der Waals surface area contributed by atoms with Crippen LogP contribution >= 0.6 is 37.2 Å². The number of nitrogens with zero attached hydrogens (tertiary/aromatic N) is 4. The van der Waals surface area contributed by atoms with E-state index in [-0.39, 0.29) is 37.2 Å². The monoisotopic (exact) mass is 774 g/mol. The van der Waals surface area contributed by atoms with Gasteiger partial charge in [-0.25, -0.2) is 8.78 Å². The molecule has 0 saturated carbocycles. The highest BCUT2D eigenvalue weighted by Gasteiger charge is 2.26. The third-order valence-corrected chi connectivity index (χ3v) is 8.93. The lowest BCUT2D eigenvalue weighted by Gasteiger charge is -2.40. The first-order chi connectivity index (χ1) is 23.9. The summed E-state index contributed by atoms with van der Waals surface area (Å²) in [5, 5.41) is 0. The minimum absolute atomic E-state index is 0. The Morgan fingerprint density at radius 3 is 1.73 bits per heavy atom. The van der Waals surface area contributed by atoms with Crippen LogP contribution in [-0.2, 0) is 13.1 Å². The molecular formula is C39H43Cl3F2N4O4. The number of piperidine rings is 1. The molecule has 0 atom stereocenters. The van der Waals surface area contributed by atoms with Crippen molar-refractivity contribution in [1.29, 1.82) is 0 Å².